The number of thiophene rings is 1. The summed E-state index contributed by atoms with van der Waals surface area (Å²) >= 11 is 1.75. The Kier molecular flexibility index (Phi) is 3.56. The minimum absolute atomic E-state index is 0.0921. The summed E-state index contributed by atoms with van der Waals surface area (Å²) in [6, 6.07) is 0. The lowest BCUT2D eigenvalue weighted by Crippen LogP contribution is -2.11. The summed E-state index contributed by atoms with van der Waals surface area (Å²) in [5, 5.41) is 13.0. The number of carbonyl (C=O) groups is 1. The highest BCUT2D eigenvalue weighted by Gasteiger charge is 2.22. The maximum absolute atomic E-state index is 10.6. The third-order valence-corrected chi connectivity index (χ3v) is 4.89. The zero-order chi connectivity index (χ0) is 14.1. The molecule has 2 aromatic rings. The van der Waals surface area contributed by atoms with E-state index in [1.165, 1.54) is 16.9 Å². The molecule has 0 bridgehead atoms. The van der Waals surface area contributed by atoms with Gasteiger partial charge in [0.1, 0.15) is 17.0 Å². The fourth-order valence-corrected chi connectivity index (χ4v) is 4.05. The van der Waals surface area contributed by atoms with Crippen LogP contribution in [0.3, 0.4) is 0 Å². The minimum atomic E-state index is -0.802. The van der Waals surface area contributed by atoms with Crippen LogP contribution in [0.25, 0.3) is 10.2 Å². The predicted molar refractivity (Wildman–Crippen MR) is 79.3 cm³/mol. The Balaban J connectivity index is 1.94. The van der Waals surface area contributed by atoms with Crippen molar-refractivity contribution >= 4 is 33.3 Å². The summed E-state index contributed by atoms with van der Waals surface area (Å²) in [6.07, 6.45) is 5.02. The molecule has 3 rings (SSSR count). The first-order valence-corrected chi connectivity index (χ1v) is 7.67. The van der Waals surface area contributed by atoms with Crippen LogP contribution in [0.15, 0.2) is 6.33 Å². The van der Waals surface area contributed by atoms with Crippen molar-refractivity contribution in [2.75, 3.05) is 11.9 Å². The Labute approximate surface area is 121 Å². The second-order valence-electron chi connectivity index (χ2n) is 5.32. The first-order chi connectivity index (χ1) is 9.65. The van der Waals surface area contributed by atoms with E-state index in [1.807, 2.05) is 0 Å². The maximum Gasteiger partial charge on any atom is 0.305 e. The number of rotatable bonds is 4. The molecule has 0 saturated carbocycles. The molecule has 1 atom stereocenters. The quantitative estimate of drug-likeness (QED) is 0.906. The van der Waals surface area contributed by atoms with E-state index in [9.17, 15) is 4.79 Å². The van der Waals surface area contributed by atoms with E-state index >= 15 is 0 Å². The maximum atomic E-state index is 10.6. The van der Waals surface area contributed by atoms with Gasteiger partial charge in [-0.3, -0.25) is 4.79 Å². The average molecular weight is 291 g/mol. The van der Waals surface area contributed by atoms with Crippen LogP contribution >= 0.6 is 11.3 Å². The van der Waals surface area contributed by atoms with Crippen molar-refractivity contribution in [3.05, 3.63) is 16.8 Å². The highest BCUT2D eigenvalue weighted by molar-refractivity contribution is 7.19. The van der Waals surface area contributed by atoms with Crippen molar-refractivity contribution in [3.63, 3.8) is 0 Å². The number of nitrogens with zero attached hydrogens (tertiary/aromatic N) is 2. The number of hydrogen-bond acceptors (Lipinski definition) is 5. The van der Waals surface area contributed by atoms with E-state index in [0.29, 0.717) is 6.54 Å². The van der Waals surface area contributed by atoms with Gasteiger partial charge in [-0.2, -0.15) is 0 Å². The van der Waals surface area contributed by atoms with E-state index in [2.05, 4.69) is 22.2 Å². The van der Waals surface area contributed by atoms with Crippen LogP contribution in [0.1, 0.15) is 30.2 Å². The molecule has 0 radical (unpaired) electrons. The van der Waals surface area contributed by atoms with Gasteiger partial charge in [-0.25, -0.2) is 9.97 Å². The number of carboxylic acid groups (broad SMARTS) is 1. The number of aryl methyl sites for hydroxylation is 1. The number of hydrogen-bond donors (Lipinski definition) is 2. The SMILES string of the molecule is C[C@H]1CCc2c(sc3ncnc(NCCC(=O)O)c23)C1. The normalized spacial score (nSPS) is 17.9. The minimum Gasteiger partial charge on any atom is -0.481 e. The van der Waals surface area contributed by atoms with Crippen molar-refractivity contribution in [2.45, 2.75) is 32.6 Å². The lowest BCUT2D eigenvalue weighted by Gasteiger charge is -2.18. The molecule has 2 N–H and O–H groups in total. The van der Waals surface area contributed by atoms with E-state index < -0.39 is 5.97 Å². The Morgan fingerprint density at radius 2 is 2.40 bits per heavy atom. The van der Waals surface area contributed by atoms with Crippen molar-refractivity contribution in [1.82, 2.24) is 9.97 Å². The summed E-state index contributed by atoms with van der Waals surface area (Å²) < 4.78 is 0. The summed E-state index contributed by atoms with van der Waals surface area (Å²) in [5.74, 6) is 0.708. The zero-order valence-electron chi connectivity index (χ0n) is 11.3. The first-order valence-electron chi connectivity index (χ1n) is 6.86. The standard InChI is InChI=1S/C14H17N3O2S/c1-8-2-3-9-10(6-8)20-14-12(9)13(16-7-17-14)15-5-4-11(18)19/h7-8H,2-6H2,1H3,(H,18,19)(H,15,16,17)/t8-/m0/s1. The predicted octanol–water partition coefficient (Wildman–Crippen LogP) is 2.70. The van der Waals surface area contributed by atoms with E-state index in [-0.39, 0.29) is 6.42 Å². The van der Waals surface area contributed by atoms with Gasteiger partial charge in [0.2, 0.25) is 0 Å². The third kappa shape index (κ3) is 2.47. The summed E-state index contributed by atoms with van der Waals surface area (Å²) in [4.78, 5) is 21.7. The van der Waals surface area contributed by atoms with Crippen molar-refractivity contribution in [2.24, 2.45) is 5.92 Å². The Morgan fingerprint density at radius 3 is 3.20 bits per heavy atom. The van der Waals surface area contributed by atoms with Crippen LogP contribution in [-0.2, 0) is 17.6 Å². The highest BCUT2D eigenvalue weighted by atomic mass is 32.1. The highest BCUT2D eigenvalue weighted by Crippen LogP contribution is 2.39. The molecule has 5 nitrogen and oxygen atoms in total. The number of fused-ring (bicyclic) bond motifs is 3. The molecule has 0 aromatic carbocycles. The molecule has 0 unspecified atom stereocenters. The largest absolute Gasteiger partial charge is 0.481 e. The summed E-state index contributed by atoms with van der Waals surface area (Å²) in [7, 11) is 0. The summed E-state index contributed by atoms with van der Waals surface area (Å²) in [6.45, 7) is 2.67. The van der Waals surface area contributed by atoms with Crippen molar-refractivity contribution in [1.29, 1.82) is 0 Å². The van der Waals surface area contributed by atoms with E-state index in [0.717, 1.165) is 34.8 Å². The van der Waals surface area contributed by atoms with Gasteiger partial charge < -0.3 is 10.4 Å². The zero-order valence-corrected chi connectivity index (χ0v) is 12.2. The molecular weight excluding hydrogens is 274 g/mol. The van der Waals surface area contributed by atoms with Crippen molar-refractivity contribution < 1.29 is 9.90 Å². The van der Waals surface area contributed by atoms with Gasteiger partial charge >= 0.3 is 5.97 Å². The van der Waals surface area contributed by atoms with Crippen LogP contribution in [0.2, 0.25) is 0 Å². The molecule has 1 aliphatic rings. The summed E-state index contributed by atoms with van der Waals surface area (Å²) in [5.41, 5.74) is 1.36. The average Bonchev–Trinajstić information content (AvgIpc) is 2.76. The topological polar surface area (TPSA) is 75.1 Å². The van der Waals surface area contributed by atoms with E-state index in [1.54, 1.807) is 17.7 Å². The molecule has 0 aliphatic heterocycles. The van der Waals surface area contributed by atoms with E-state index in [4.69, 9.17) is 5.11 Å². The molecule has 2 heterocycles. The number of aliphatic carboxylic acids is 1. The van der Waals surface area contributed by atoms with Crippen LogP contribution in [-0.4, -0.2) is 27.6 Å². The van der Waals surface area contributed by atoms with Crippen LogP contribution in [0.4, 0.5) is 5.82 Å². The van der Waals surface area contributed by atoms with Crippen LogP contribution in [0.5, 0.6) is 0 Å². The first kappa shape index (κ1) is 13.3. The molecule has 106 valence electrons. The number of carboxylic acids is 1. The molecule has 1 aliphatic carbocycles. The fourth-order valence-electron chi connectivity index (χ4n) is 2.70. The number of anilines is 1. The molecule has 0 spiro atoms. The lowest BCUT2D eigenvalue weighted by molar-refractivity contribution is -0.136. The molecular formula is C14H17N3O2S. The molecule has 0 amide bonds. The monoisotopic (exact) mass is 291 g/mol. The van der Waals surface area contributed by atoms with Gasteiger partial charge in [0.25, 0.3) is 0 Å². The van der Waals surface area contributed by atoms with Crippen LogP contribution < -0.4 is 5.32 Å². The number of aromatic nitrogens is 2. The van der Waals surface area contributed by atoms with Gasteiger partial charge in [-0.1, -0.05) is 6.92 Å². The number of nitrogens with one attached hydrogen (secondary N) is 1. The third-order valence-electron chi connectivity index (χ3n) is 3.72. The van der Waals surface area contributed by atoms with Gasteiger partial charge in [0, 0.05) is 11.4 Å². The second-order valence-corrected chi connectivity index (χ2v) is 6.41. The Hall–Kier alpha value is -1.69. The fraction of sp³-hybridized carbons (Fsp3) is 0.500. The Morgan fingerprint density at radius 1 is 1.55 bits per heavy atom. The molecule has 2 aromatic heterocycles. The Bertz CT molecular complexity index is 653. The molecule has 6 heteroatoms. The molecule has 0 fully saturated rings. The molecule has 20 heavy (non-hydrogen) atoms. The smallest absolute Gasteiger partial charge is 0.305 e. The van der Waals surface area contributed by atoms with Gasteiger partial charge in [-0.05, 0) is 30.7 Å². The second kappa shape index (κ2) is 5.36. The lowest BCUT2D eigenvalue weighted by atomic mass is 9.89. The van der Waals surface area contributed by atoms with Gasteiger partial charge in [-0.15, -0.1) is 11.3 Å². The molecule has 0 saturated heterocycles. The van der Waals surface area contributed by atoms with Gasteiger partial charge in [0.05, 0.1) is 11.8 Å². The van der Waals surface area contributed by atoms with Gasteiger partial charge in [0.15, 0.2) is 0 Å². The van der Waals surface area contributed by atoms with Crippen LogP contribution in [0, 0.1) is 5.92 Å². The van der Waals surface area contributed by atoms with Crippen molar-refractivity contribution in [3.8, 4) is 0 Å².